The van der Waals surface area contributed by atoms with Gasteiger partial charge in [-0.2, -0.15) is 5.26 Å². The fourth-order valence-corrected chi connectivity index (χ4v) is 1.99. The Morgan fingerprint density at radius 3 is 2.40 bits per heavy atom. The van der Waals surface area contributed by atoms with Crippen LogP contribution in [0.1, 0.15) is 34.1 Å². The third-order valence-corrected chi connectivity index (χ3v) is 2.72. The second kappa shape index (κ2) is 7.67. The van der Waals surface area contributed by atoms with Crippen LogP contribution in [0, 0.1) is 11.3 Å². The molecule has 0 aromatic heterocycles. The van der Waals surface area contributed by atoms with Gasteiger partial charge in [-0.05, 0) is 20.9 Å². The van der Waals surface area contributed by atoms with Gasteiger partial charge in [0.1, 0.15) is 0 Å². The van der Waals surface area contributed by atoms with E-state index in [-0.39, 0.29) is 0 Å². The van der Waals surface area contributed by atoms with Gasteiger partial charge in [-0.3, -0.25) is 4.90 Å². The van der Waals surface area contributed by atoms with Crippen molar-refractivity contribution in [3.05, 3.63) is 0 Å². The van der Waals surface area contributed by atoms with Crippen molar-refractivity contribution in [3.8, 4) is 6.07 Å². The lowest BCUT2D eigenvalue weighted by Gasteiger charge is -2.41. The van der Waals surface area contributed by atoms with Gasteiger partial charge >= 0.3 is 0 Å². The molecule has 1 fully saturated rings. The number of hydrogen-bond acceptors (Lipinski definition) is 3. The standard InChI is InChI=1S/C10H19N3.C2H6/c1-9(2)13-7-6-12(3)8-10(13)4-5-11;1-2/h9-10H,4,6-8H2,1-3H3;1-2H3. The zero-order valence-electron chi connectivity index (χ0n) is 10.8. The molecule has 1 aliphatic rings. The summed E-state index contributed by atoms with van der Waals surface area (Å²) in [6, 6.07) is 3.27. The summed E-state index contributed by atoms with van der Waals surface area (Å²) < 4.78 is 0. The molecule has 0 amide bonds. The first kappa shape index (κ1) is 14.4. The van der Waals surface area contributed by atoms with Crippen molar-refractivity contribution >= 4 is 0 Å². The summed E-state index contributed by atoms with van der Waals surface area (Å²) in [7, 11) is 2.13. The topological polar surface area (TPSA) is 30.3 Å². The number of piperazine rings is 1. The summed E-state index contributed by atoms with van der Waals surface area (Å²) in [5.41, 5.74) is 0. The molecular weight excluding hydrogens is 186 g/mol. The first-order chi connectivity index (χ1) is 7.15. The second-order valence-corrected chi connectivity index (χ2v) is 4.11. The van der Waals surface area contributed by atoms with Crippen molar-refractivity contribution in [2.45, 2.75) is 46.2 Å². The van der Waals surface area contributed by atoms with E-state index in [0.717, 1.165) is 19.6 Å². The summed E-state index contributed by atoms with van der Waals surface area (Å²) in [6.45, 7) is 11.7. The first-order valence-corrected chi connectivity index (χ1v) is 5.96. The summed E-state index contributed by atoms with van der Waals surface area (Å²) in [5, 5.41) is 8.71. The molecule has 0 aromatic rings. The second-order valence-electron chi connectivity index (χ2n) is 4.11. The van der Waals surface area contributed by atoms with E-state index in [1.54, 1.807) is 0 Å². The van der Waals surface area contributed by atoms with Crippen LogP contribution >= 0.6 is 0 Å². The van der Waals surface area contributed by atoms with Gasteiger partial charge in [-0.1, -0.05) is 13.8 Å². The van der Waals surface area contributed by atoms with Crippen LogP contribution < -0.4 is 0 Å². The highest BCUT2D eigenvalue weighted by Crippen LogP contribution is 2.14. The maximum absolute atomic E-state index is 8.71. The molecule has 0 bridgehead atoms. The molecule has 1 heterocycles. The van der Waals surface area contributed by atoms with E-state index in [1.807, 2.05) is 13.8 Å². The van der Waals surface area contributed by atoms with E-state index in [0.29, 0.717) is 18.5 Å². The van der Waals surface area contributed by atoms with Crippen LogP contribution in [0.5, 0.6) is 0 Å². The van der Waals surface area contributed by atoms with E-state index in [9.17, 15) is 0 Å². The van der Waals surface area contributed by atoms with Crippen molar-refractivity contribution in [3.63, 3.8) is 0 Å². The molecular formula is C12H25N3. The van der Waals surface area contributed by atoms with Crippen molar-refractivity contribution < 1.29 is 0 Å². The lowest BCUT2D eigenvalue weighted by atomic mass is 10.1. The minimum Gasteiger partial charge on any atom is -0.304 e. The van der Waals surface area contributed by atoms with Crippen LogP contribution in [-0.4, -0.2) is 48.6 Å². The predicted molar refractivity (Wildman–Crippen MR) is 64.7 cm³/mol. The Balaban J connectivity index is 0.000000921. The lowest BCUT2D eigenvalue weighted by Crippen LogP contribution is -2.54. The van der Waals surface area contributed by atoms with Crippen LogP contribution in [0.4, 0.5) is 0 Å². The molecule has 1 aliphatic heterocycles. The molecule has 0 aromatic carbocycles. The molecule has 1 saturated heterocycles. The Kier molecular flexibility index (Phi) is 7.37. The van der Waals surface area contributed by atoms with Gasteiger partial charge in [0, 0.05) is 31.7 Å². The number of rotatable bonds is 2. The van der Waals surface area contributed by atoms with Crippen LogP contribution in [-0.2, 0) is 0 Å². The van der Waals surface area contributed by atoms with Crippen LogP contribution in [0.15, 0.2) is 0 Å². The molecule has 3 nitrogen and oxygen atoms in total. The minimum atomic E-state index is 0.434. The van der Waals surface area contributed by atoms with Gasteiger partial charge in [-0.15, -0.1) is 0 Å². The molecule has 0 N–H and O–H groups in total. The molecule has 1 unspecified atom stereocenters. The third kappa shape index (κ3) is 4.63. The first-order valence-electron chi connectivity index (χ1n) is 5.96. The Morgan fingerprint density at radius 2 is 1.93 bits per heavy atom. The highest BCUT2D eigenvalue weighted by molar-refractivity contribution is 4.89. The molecule has 0 saturated carbocycles. The summed E-state index contributed by atoms with van der Waals surface area (Å²) in [5.74, 6) is 0. The fourth-order valence-electron chi connectivity index (χ4n) is 1.99. The average Bonchev–Trinajstić information content (AvgIpc) is 2.21. The fraction of sp³-hybridized carbons (Fsp3) is 0.917. The summed E-state index contributed by atoms with van der Waals surface area (Å²) in [6.07, 6.45) is 0.655. The van der Waals surface area contributed by atoms with Crippen LogP contribution in [0.2, 0.25) is 0 Å². The van der Waals surface area contributed by atoms with Gasteiger partial charge in [0.2, 0.25) is 0 Å². The quantitative estimate of drug-likeness (QED) is 0.699. The molecule has 3 heteroatoms. The zero-order valence-corrected chi connectivity index (χ0v) is 10.8. The Morgan fingerprint density at radius 1 is 1.33 bits per heavy atom. The number of nitriles is 1. The Hall–Kier alpha value is -0.590. The number of likely N-dealkylation sites (N-methyl/N-ethyl adjacent to an activating group) is 1. The van der Waals surface area contributed by atoms with Gasteiger partial charge < -0.3 is 4.90 Å². The number of nitrogens with zero attached hydrogens (tertiary/aromatic N) is 3. The van der Waals surface area contributed by atoms with Crippen molar-refractivity contribution in [2.24, 2.45) is 0 Å². The monoisotopic (exact) mass is 211 g/mol. The lowest BCUT2D eigenvalue weighted by molar-refractivity contribution is 0.0667. The van der Waals surface area contributed by atoms with E-state index < -0.39 is 0 Å². The summed E-state index contributed by atoms with van der Waals surface area (Å²) in [4.78, 5) is 4.74. The van der Waals surface area contributed by atoms with Gasteiger partial charge in [0.25, 0.3) is 0 Å². The molecule has 0 aliphatic carbocycles. The van der Waals surface area contributed by atoms with E-state index in [4.69, 9.17) is 5.26 Å². The molecule has 15 heavy (non-hydrogen) atoms. The maximum atomic E-state index is 8.71. The highest BCUT2D eigenvalue weighted by Gasteiger charge is 2.26. The molecule has 1 atom stereocenters. The van der Waals surface area contributed by atoms with Crippen LogP contribution in [0.3, 0.4) is 0 Å². The molecule has 88 valence electrons. The maximum Gasteiger partial charge on any atom is 0.0638 e. The summed E-state index contributed by atoms with van der Waals surface area (Å²) >= 11 is 0. The Labute approximate surface area is 94.7 Å². The Bertz CT molecular complexity index is 196. The SMILES string of the molecule is CC.CC(C)N1CCN(C)CC1CC#N. The molecule has 1 rings (SSSR count). The van der Waals surface area contributed by atoms with Gasteiger partial charge in [-0.25, -0.2) is 0 Å². The van der Waals surface area contributed by atoms with Crippen molar-refractivity contribution in [1.82, 2.24) is 9.80 Å². The van der Waals surface area contributed by atoms with Crippen molar-refractivity contribution in [1.29, 1.82) is 5.26 Å². The van der Waals surface area contributed by atoms with Crippen LogP contribution in [0.25, 0.3) is 0 Å². The van der Waals surface area contributed by atoms with Gasteiger partial charge in [0.15, 0.2) is 0 Å². The van der Waals surface area contributed by atoms with E-state index >= 15 is 0 Å². The van der Waals surface area contributed by atoms with Gasteiger partial charge in [0.05, 0.1) is 12.5 Å². The van der Waals surface area contributed by atoms with Crippen molar-refractivity contribution in [2.75, 3.05) is 26.7 Å². The minimum absolute atomic E-state index is 0.434. The predicted octanol–water partition coefficient (Wildman–Crippen LogP) is 1.95. The molecule has 0 spiro atoms. The zero-order chi connectivity index (χ0) is 11.8. The number of hydrogen-bond donors (Lipinski definition) is 0. The molecule has 0 radical (unpaired) electrons. The largest absolute Gasteiger partial charge is 0.304 e. The smallest absolute Gasteiger partial charge is 0.0638 e. The third-order valence-electron chi connectivity index (χ3n) is 2.72. The van der Waals surface area contributed by atoms with E-state index in [2.05, 4.69) is 36.8 Å². The average molecular weight is 211 g/mol. The highest BCUT2D eigenvalue weighted by atomic mass is 15.3. The van der Waals surface area contributed by atoms with E-state index in [1.165, 1.54) is 0 Å². The normalized spacial score (nSPS) is 23.1.